The third kappa shape index (κ3) is 3.85. The average molecular weight is 490 g/mol. The predicted molar refractivity (Wildman–Crippen MR) is 124 cm³/mol. The molecule has 0 saturated carbocycles. The summed E-state index contributed by atoms with van der Waals surface area (Å²) in [5.74, 6) is 0.367. The summed E-state index contributed by atoms with van der Waals surface area (Å²) in [6.45, 7) is -0.254. The zero-order valence-electron chi connectivity index (χ0n) is 16.6. The molecule has 0 aliphatic heterocycles. The van der Waals surface area contributed by atoms with Gasteiger partial charge in [0.05, 0.1) is 11.0 Å². The molecule has 0 fully saturated rings. The van der Waals surface area contributed by atoms with Crippen LogP contribution in [-0.2, 0) is 11.3 Å². The van der Waals surface area contributed by atoms with E-state index in [1.54, 1.807) is 36.4 Å². The number of aromatic nitrogens is 4. The maximum absolute atomic E-state index is 13.2. The number of rotatable bonds is 5. The van der Waals surface area contributed by atoms with Crippen molar-refractivity contribution < 1.29 is 9.53 Å². The fraction of sp³-hybridized carbons (Fsp3) is 0.0435. The molecule has 5 aromatic rings. The van der Waals surface area contributed by atoms with Gasteiger partial charge < -0.3 is 10.1 Å². The van der Waals surface area contributed by atoms with Gasteiger partial charge in [-0.05, 0) is 48.5 Å². The summed E-state index contributed by atoms with van der Waals surface area (Å²) in [7, 11) is 0. The van der Waals surface area contributed by atoms with Crippen molar-refractivity contribution in [3.8, 4) is 11.6 Å². The Balaban J connectivity index is 1.55. The molecule has 0 aliphatic rings. The summed E-state index contributed by atoms with van der Waals surface area (Å²) < 4.78 is 9.35. The van der Waals surface area contributed by atoms with E-state index >= 15 is 0 Å². The minimum Gasteiger partial charge on any atom is -0.436 e. The van der Waals surface area contributed by atoms with Crippen LogP contribution >= 0.6 is 15.9 Å². The predicted octanol–water partition coefficient (Wildman–Crippen LogP) is 4.24. The van der Waals surface area contributed by atoms with E-state index in [-0.39, 0.29) is 24.0 Å². The van der Waals surface area contributed by atoms with Crippen LogP contribution in [0.25, 0.3) is 16.7 Å². The molecule has 2 heterocycles. The molecule has 0 saturated heterocycles. The lowest BCUT2D eigenvalue weighted by atomic mass is 10.3. The zero-order valence-corrected chi connectivity index (χ0v) is 18.2. The van der Waals surface area contributed by atoms with Crippen molar-refractivity contribution in [3.05, 3.63) is 93.8 Å². The summed E-state index contributed by atoms with van der Waals surface area (Å²) in [6.07, 6.45) is 0. The average Bonchev–Trinajstić information content (AvgIpc) is 3.13. The number of nitrogens with one attached hydrogen (secondary N) is 1. The third-order valence-corrected chi connectivity index (χ3v) is 5.28. The Morgan fingerprint density at radius 3 is 2.47 bits per heavy atom. The maximum atomic E-state index is 13.2. The fourth-order valence-corrected chi connectivity index (χ4v) is 3.58. The largest absolute Gasteiger partial charge is 0.436 e. The van der Waals surface area contributed by atoms with Crippen LogP contribution in [-0.4, -0.2) is 25.1 Å². The van der Waals surface area contributed by atoms with Crippen molar-refractivity contribution >= 4 is 44.2 Å². The number of benzene rings is 3. The lowest BCUT2D eigenvalue weighted by Gasteiger charge is -2.07. The Hall–Kier alpha value is -3.98. The molecule has 9 heteroatoms. The summed E-state index contributed by atoms with van der Waals surface area (Å²) in [6, 6.07) is 23.5. The first-order chi connectivity index (χ1) is 15.6. The van der Waals surface area contributed by atoms with Gasteiger partial charge in [-0.25, -0.2) is 18.9 Å². The van der Waals surface area contributed by atoms with Crippen molar-refractivity contribution in [2.75, 3.05) is 5.32 Å². The third-order valence-electron chi connectivity index (χ3n) is 4.75. The molecule has 2 aromatic heterocycles. The van der Waals surface area contributed by atoms with Crippen LogP contribution in [0.15, 0.2) is 88.1 Å². The van der Waals surface area contributed by atoms with Crippen molar-refractivity contribution in [2.24, 2.45) is 0 Å². The number of ether oxygens (including phenoxy) is 1. The van der Waals surface area contributed by atoms with E-state index in [9.17, 15) is 9.59 Å². The molecule has 0 spiro atoms. The number of carbonyl (C=O) groups is 1. The van der Waals surface area contributed by atoms with Crippen LogP contribution < -0.4 is 15.7 Å². The van der Waals surface area contributed by atoms with Crippen LogP contribution in [0.5, 0.6) is 11.6 Å². The number of para-hydroxylation sites is 3. The Labute approximate surface area is 190 Å². The minimum absolute atomic E-state index is 0.180. The van der Waals surface area contributed by atoms with E-state index in [2.05, 4.69) is 31.3 Å². The van der Waals surface area contributed by atoms with Gasteiger partial charge in [0.1, 0.15) is 12.3 Å². The summed E-state index contributed by atoms with van der Waals surface area (Å²) in [4.78, 5) is 30.3. The first-order valence-electron chi connectivity index (χ1n) is 9.75. The molecule has 0 unspecified atom stereocenters. The second-order valence-corrected chi connectivity index (χ2v) is 7.89. The molecule has 8 nitrogen and oxygen atoms in total. The molecule has 0 radical (unpaired) electrons. The molecular weight excluding hydrogens is 474 g/mol. The molecule has 1 amide bonds. The number of hydrogen-bond donors (Lipinski definition) is 1. The van der Waals surface area contributed by atoms with E-state index in [0.29, 0.717) is 22.5 Å². The molecular formula is C23H16BrN5O3. The van der Waals surface area contributed by atoms with E-state index in [4.69, 9.17) is 4.74 Å². The molecule has 1 N–H and O–H groups in total. The van der Waals surface area contributed by atoms with Gasteiger partial charge in [-0.15, -0.1) is 5.10 Å². The van der Waals surface area contributed by atoms with Gasteiger partial charge in [-0.1, -0.05) is 46.3 Å². The number of halogens is 1. The number of nitrogens with zero attached hydrogens (tertiary/aromatic N) is 4. The number of anilines is 1. The zero-order chi connectivity index (χ0) is 22.1. The topological polar surface area (TPSA) is 90.5 Å². The molecule has 0 aliphatic carbocycles. The van der Waals surface area contributed by atoms with E-state index in [0.717, 1.165) is 9.15 Å². The van der Waals surface area contributed by atoms with Crippen molar-refractivity contribution in [2.45, 2.75) is 6.54 Å². The SMILES string of the molecule is O=C(Cn1nc2c(Oc3ccccc3)nc3ccccc3n2c1=O)Nc1ccc(Br)cc1. The Kier molecular flexibility index (Phi) is 5.16. The van der Waals surface area contributed by atoms with Crippen molar-refractivity contribution in [1.82, 2.24) is 19.2 Å². The number of amides is 1. The van der Waals surface area contributed by atoms with Gasteiger partial charge in [0.25, 0.3) is 5.88 Å². The van der Waals surface area contributed by atoms with Gasteiger partial charge in [0, 0.05) is 10.2 Å². The van der Waals surface area contributed by atoms with E-state index in [1.165, 1.54) is 4.40 Å². The van der Waals surface area contributed by atoms with Gasteiger partial charge >= 0.3 is 5.69 Å². The maximum Gasteiger partial charge on any atom is 0.351 e. The molecule has 158 valence electrons. The molecule has 0 atom stereocenters. The summed E-state index contributed by atoms with van der Waals surface area (Å²) in [5.41, 5.74) is 1.55. The molecule has 3 aromatic carbocycles. The number of hydrogen-bond acceptors (Lipinski definition) is 5. The Morgan fingerprint density at radius 2 is 1.69 bits per heavy atom. The monoisotopic (exact) mass is 489 g/mol. The first kappa shape index (κ1) is 20.0. The van der Waals surface area contributed by atoms with Crippen molar-refractivity contribution in [3.63, 3.8) is 0 Å². The van der Waals surface area contributed by atoms with Gasteiger partial charge in [-0.2, -0.15) is 0 Å². The summed E-state index contributed by atoms with van der Waals surface area (Å²) >= 11 is 3.36. The Bertz CT molecular complexity index is 1490. The summed E-state index contributed by atoms with van der Waals surface area (Å²) in [5, 5.41) is 7.13. The second kappa shape index (κ2) is 8.27. The van der Waals surface area contributed by atoms with Crippen LogP contribution in [0.3, 0.4) is 0 Å². The molecule has 5 rings (SSSR count). The quantitative estimate of drug-likeness (QED) is 0.398. The van der Waals surface area contributed by atoms with Crippen LogP contribution in [0.2, 0.25) is 0 Å². The van der Waals surface area contributed by atoms with Crippen molar-refractivity contribution in [1.29, 1.82) is 0 Å². The van der Waals surface area contributed by atoms with Crippen LogP contribution in [0.4, 0.5) is 5.69 Å². The highest BCUT2D eigenvalue weighted by atomic mass is 79.9. The normalized spacial score (nSPS) is 11.0. The molecule has 32 heavy (non-hydrogen) atoms. The lowest BCUT2D eigenvalue weighted by Crippen LogP contribution is -2.28. The van der Waals surface area contributed by atoms with E-state index < -0.39 is 5.69 Å². The van der Waals surface area contributed by atoms with Crippen LogP contribution in [0.1, 0.15) is 0 Å². The highest BCUT2D eigenvalue weighted by Crippen LogP contribution is 2.25. The highest BCUT2D eigenvalue weighted by molar-refractivity contribution is 9.10. The van der Waals surface area contributed by atoms with Gasteiger partial charge in [0.2, 0.25) is 11.6 Å². The number of carbonyl (C=O) groups excluding carboxylic acids is 1. The minimum atomic E-state index is -0.456. The van der Waals surface area contributed by atoms with Gasteiger partial charge in [-0.3, -0.25) is 4.79 Å². The first-order valence-corrected chi connectivity index (χ1v) is 10.5. The molecule has 0 bridgehead atoms. The fourth-order valence-electron chi connectivity index (χ4n) is 3.31. The second-order valence-electron chi connectivity index (χ2n) is 6.98. The lowest BCUT2D eigenvalue weighted by molar-refractivity contribution is -0.117. The highest BCUT2D eigenvalue weighted by Gasteiger charge is 2.19. The van der Waals surface area contributed by atoms with Crippen LogP contribution in [0, 0.1) is 0 Å². The smallest absolute Gasteiger partial charge is 0.351 e. The van der Waals surface area contributed by atoms with Gasteiger partial charge in [0.15, 0.2) is 0 Å². The van der Waals surface area contributed by atoms with E-state index in [1.807, 2.05) is 42.5 Å². The number of fused-ring (bicyclic) bond motifs is 3. The Morgan fingerprint density at radius 1 is 0.969 bits per heavy atom. The standard InChI is InChI=1S/C23H16BrN5O3/c24-15-10-12-16(13-11-15)25-20(30)14-28-23(31)29-19-9-5-4-8-18(19)26-22(21(29)27-28)32-17-6-2-1-3-7-17/h1-13H,14H2,(H,25,30).